The van der Waals surface area contributed by atoms with Gasteiger partial charge in [-0.25, -0.2) is 9.38 Å². The number of hydrogen-bond donors (Lipinski definition) is 3. The van der Waals surface area contributed by atoms with Crippen LogP contribution in [0.25, 0.3) is 0 Å². The minimum atomic E-state index is -0.672. The van der Waals surface area contributed by atoms with Crippen LogP contribution in [-0.4, -0.2) is 25.0 Å². The average molecular weight is 294 g/mol. The van der Waals surface area contributed by atoms with E-state index in [-0.39, 0.29) is 11.7 Å². The van der Waals surface area contributed by atoms with Crippen LogP contribution in [0.3, 0.4) is 0 Å². The number of rotatable bonds is 6. The molecule has 0 saturated heterocycles. The van der Waals surface area contributed by atoms with Gasteiger partial charge in [0.05, 0.1) is 12.0 Å². The van der Waals surface area contributed by atoms with Gasteiger partial charge < -0.3 is 16.4 Å². The maximum atomic E-state index is 13.1. The Morgan fingerprint density at radius 1 is 1.38 bits per heavy atom. The van der Waals surface area contributed by atoms with E-state index < -0.39 is 5.41 Å². The van der Waals surface area contributed by atoms with Crippen LogP contribution in [0.2, 0.25) is 0 Å². The van der Waals surface area contributed by atoms with E-state index in [1.165, 1.54) is 12.1 Å². The monoisotopic (exact) mass is 294 g/mol. The third kappa shape index (κ3) is 5.81. The van der Waals surface area contributed by atoms with E-state index in [9.17, 15) is 9.18 Å². The highest BCUT2D eigenvalue weighted by Crippen LogP contribution is 2.11. The summed E-state index contributed by atoms with van der Waals surface area (Å²) in [5.74, 6) is -0.0948. The fraction of sp³-hybridized carbons (Fsp3) is 0.467. The molecular formula is C15H23FN4O. The maximum Gasteiger partial charge on any atom is 0.224 e. The number of carbonyl (C=O) groups is 1. The summed E-state index contributed by atoms with van der Waals surface area (Å²) in [6, 6.07) is 6.30. The van der Waals surface area contributed by atoms with Crippen molar-refractivity contribution in [1.29, 1.82) is 0 Å². The van der Waals surface area contributed by atoms with Gasteiger partial charge in [-0.15, -0.1) is 0 Å². The molecule has 0 unspecified atom stereocenters. The Balaban J connectivity index is 2.68. The smallest absolute Gasteiger partial charge is 0.224 e. The molecule has 4 N–H and O–H groups in total. The lowest BCUT2D eigenvalue weighted by Crippen LogP contribution is -2.46. The number of benzene rings is 1. The molecule has 1 rings (SSSR count). The number of guanidine groups is 1. The number of carbonyl (C=O) groups excluding carboxylic acids is 1. The van der Waals surface area contributed by atoms with Crippen LogP contribution in [0.1, 0.15) is 26.3 Å². The fourth-order valence-electron chi connectivity index (χ4n) is 1.54. The van der Waals surface area contributed by atoms with Crippen molar-refractivity contribution in [3.8, 4) is 0 Å². The molecule has 1 aromatic rings. The second kappa shape index (κ2) is 7.61. The van der Waals surface area contributed by atoms with Crippen molar-refractivity contribution in [2.45, 2.75) is 27.3 Å². The number of amides is 1. The van der Waals surface area contributed by atoms with Gasteiger partial charge in [0.25, 0.3) is 0 Å². The maximum absolute atomic E-state index is 13.1. The van der Waals surface area contributed by atoms with Crippen LogP contribution in [0.5, 0.6) is 0 Å². The molecule has 0 aliphatic heterocycles. The zero-order valence-electron chi connectivity index (χ0n) is 12.7. The van der Waals surface area contributed by atoms with E-state index in [2.05, 4.69) is 15.6 Å². The van der Waals surface area contributed by atoms with E-state index in [4.69, 9.17) is 5.73 Å². The number of aliphatic imine (C=N–C) groups is 1. The third-order valence-electron chi connectivity index (χ3n) is 3.02. The summed E-state index contributed by atoms with van der Waals surface area (Å²) in [5, 5.41) is 6.14. The molecule has 0 radical (unpaired) electrons. The molecule has 0 aliphatic carbocycles. The molecule has 0 spiro atoms. The zero-order chi connectivity index (χ0) is 15.9. The highest BCUT2D eigenvalue weighted by molar-refractivity contribution is 5.83. The molecule has 6 heteroatoms. The van der Waals surface area contributed by atoms with Gasteiger partial charge in [-0.2, -0.15) is 0 Å². The van der Waals surface area contributed by atoms with Gasteiger partial charge in [-0.05, 0) is 38.5 Å². The topological polar surface area (TPSA) is 79.5 Å². The minimum Gasteiger partial charge on any atom is -0.369 e. The van der Waals surface area contributed by atoms with Crippen molar-refractivity contribution in [3.63, 3.8) is 0 Å². The van der Waals surface area contributed by atoms with Crippen LogP contribution in [-0.2, 0) is 11.3 Å². The van der Waals surface area contributed by atoms with Gasteiger partial charge in [-0.1, -0.05) is 12.1 Å². The SMILES string of the molecule is CCNC(=NCc1cccc(F)c1)NCC(C)(C)C(N)=O. The summed E-state index contributed by atoms with van der Waals surface area (Å²) in [4.78, 5) is 15.7. The zero-order valence-corrected chi connectivity index (χ0v) is 12.7. The van der Waals surface area contributed by atoms with Crippen molar-refractivity contribution in [2.75, 3.05) is 13.1 Å². The van der Waals surface area contributed by atoms with Crippen molar-refractivity contribution in [2.24, 2.45) is 16.1 Å². The number of nitrogens with two attached hydrogens (primary N) is 1. The molecule has 0 heterocycles. The summed E-state index contributed by atoms with van der Waals surface area (Å²) in [7, 11) is 0. The van der Waals surface area contributed by atoms with E-state index >= 15 is 0 Å². The number of primary amides is 1. The molecule has 0 bridgehead atoms. The molecule has 1 amide bonds. The van der Waals surface area contributed by atoms with Gasteiger partial charge in [0, 0.05) is 13.1 Å². The van der Waals surface area contributed by atoms with Crippen molar-refractivity contribution >= 4 is 11.9 Å². The fourth-order valence-corrected chi connectivity index (χ4v) is 1.54. The Hall–Kier alpha value is -2.11. The third-order valence-corrected chi connectivity index (χ3v) is 3.02. The summed E-state index contributed by atoms with van der Waals surface area (Å²) in [6.07, 6.45) is 0. The van der Waals surface area contributed by atoms with E-state index in [1.54, 1.807) is 19.9 Å². The largest absolute Gasteiger partial charge is 0.369 e. The first kappa shape index (κ1) is 16.9. The predicted molar refractivity (Wildman–Crippen MR) is 82.2 cm³/mol. The second-order valence-corrected chi connectivity index (χ2v) is 5.43. The Kier molecular flexibility index (Phi) is 6.14. The summed E-state index contributed by atoms with van der Waals surface area (Å²) < 4.78 is 13.1. The van der Waals surface area contributed by atoms with Crippen molar-refractivity contribution in [3.05, 3.63) is 35.6 Å². The lowest BCUT2D eigenvalue weighted by atomic mass is 9.93. The quantitative estimate of drug-likeness (QED) is 0.548. The number of nitrogens with one attached hydrogen (secondary N) is 2. The highest BCUT2D eigenvalue weighted by atomic mass is 19.1. The number of halogens is 1. The first-order valence-corrected chi connectivity index (χ1v) is 6.91. The standard InChI is InChI=1S/C15H23FN4O/c1-4-18-14(20-10-15(2,3)13(17)21)19-9-11-6-5-7-12(16)8-11/h5-8H,4,9-10H2,1-3H3,(H2,17,21)(H2,18,19,20). The predicted octanol–water partition coefficient (Wildman–Crippen LogP) is 1.39. The van der Waals surface area contributed by atoms with E-state index in [0.717, 1.165) is 5.56 Å². The van der Waals surface area contributed by atoms with Crippen LogP contribution in [0.15, 0.2) is 29.3 Å². The highest BCUT2D eigenvalue weighted by Gasteiger charge is 2.24. The molecule has 0 aromatic heterocycles. The molecule has 1 aromatic carbocycles. The lowest BCUT2D eigenvalue weighted by molar-refractivity contribution is -0.125. The second-order valence-electron chi connectivity index (χ2n) is 5.43. The first-order valence-electron chi connectivity index (χ1n) is 6.91. The molecule has 0 fully saturated rings. The van der Waals surface area contributed by atoms with Gasteiger partial charge in [0.15, 0.2) is 5.96 Å². The summed E-state index contributed by atoms with van der Waals surface area (Å²) in [6.45, 7) is 6.88. The Labute approximate surface area is 124 Å². The van der Waals surface area contributed by atoms with Crippen molar-refractivity contribution in [1.82, 2.24) is 10.6 Å². The molecule has 21 heavy (non-hydrogen) atoms. The first-order chi connectivity index (χ1) is 9.85. The Bertz CT molecular complexity index is 514. The van der Waals surface area contributed by atoms with Crippen molar-refractivity contribution < 1.29 is 9.18 Å². The number of nitrogens with zero attached hydrogens (tertiary/aromatic N) is 1. The average Bonchev–Trinajstić information content (AvgIpc) is 2.42. The van der Waals surface area contributed by atoms with Crippen LogP contribution in [0.4, 0.5) is 4.39 Å². The van der Waals surface area contributed by atoms with Crippen LogP contribution in [0, 0.1) is 11.2 Å². The Morgan fingerprint density at radius 2 is 2.10 bits per heavy atom. The molecule has 0 atom stereocenters. The van der Waals surface area contributed by atoms with Gasteiger partial charge in [0.2, 0.25) is 5.91 Å². The van der Waals surface area contributed by atoms with Gasteiger partial charge in [0.1, 0.15) is 5.82 Å². The van der Waals surface area contributed by atoms with E-state index in [0.29, 0.717) is 25.6 Å². The molecule has 0 saturated carbocycles. The van der Waals surface area contributed by atoms with E-state index in [1.807, 2.05) is 13.0 Å². The van der Waals surface area contributed by atoms with Gasteiger partial charge in [-0.3, -0.25) is 4.79 Å². The summed E-state index contributed by atoms with van der Waals surface area (Å²) in [5.41, 5.74) is 5.44. The molecular weight excluding hydrogens is 271 g/mol. The molecule has 5 nitrogen and oxygen atoms in total. The molecule has 0 aliphatic rings. The molecule has 116 valence electrons. The number of hydrogen-bond acceptors (Lipinski definition) is 2. The van der Waals surface area contributed by atoms with Gasteiger partial charge >= 0.3 is 0 Å². The minimum absolute atomic E-state index is 0.282. The van der Waals surface area contributed by atoms with Crippen LogP contribution < -0.4 is 16.4 Å². The summed E-state index contributed by atoms with van der Waals surface area (Å²) >= 11 is 0. The lowest BCUT2D eigenvalue weighted by Gasteiger charge is -2.22. The van der Waals surface area contributed by atoms with Crippen LogP contribution >= 0.6 is 0 Å². The Morgan fingerprint density at radius 3 is 2.67 bits per heavy atom. The normalized spacial score (nSPS) is 12.1.